The maximum atomic E-state index is 13.2. The Morgan fingerprint density at radius 1 is 1.04 bits per heavy atom. The van der Waals surface area contributed by atoms with Crippen LogP contribution in [0.4, 0.5) is 4.39 Å². The largest absolute Gasteiger partial charge is 1.00 e. The van der Waals surface area contributed by atoms with Crippen LogP contribution >= 0.6 is 0 Å². The van der Waals surface area contributed by atoms with Crippen molar-refractivity contribution in [2.45, 2.75) is 6.42 Å². The molecule has 2 aromatic rings. The predicted molar refractivity (Wildman–Crippen MR) is 103 cm³/mol. The molecule has 6 heteroatoms. The highest BCUT2D eigenvalue weighted by Gasteiger charge is 2.31. The summed E-state index contributed by atoms with van der Waals surface area (Å²) in [6.07, 6.45) is 2.92. The summed E-state index contributed by atoms with van der Waals surface area (Å²) in [5.41, 5.74) is 3.48. The van der Waals surface area contributed by atoms with Gasteiger partial charge in [-0.2, -0.15) is 0 Å². The van der Waals surface area contributed by atoms with Crippen LogP contribution in [0.2, 0.25) is 0 Å². The first-order valence-corrected chi connectivity index (χ1v) is 9.52. The van der Waals surface area contributed by atoms with Gasteiger partial charge in [-0.3, -0.25) is 4.79 Å². The fraction of sp³-hybridized carbons (Fsp3) is 0.318. The second kappa shape index (κ2) is 9.32. The Bertz CT molecular complexity index is 848. The van der Waals surface area contributed by atoms with Crippen molar-refractivity contribution in [1.29, 1.82) is 0 Å². The van der Waals surface area contributed by atoms with E-state index in [-0.39, 0.29) is 24.1 Å². The number of carbonyl (C=O) groups is 1. The van der Waals surface area contributed by atoms with E-state index in [9.17, 15) is 9.18 Å². The number of benzene rings is 2. The number of carbonyl (C=O) groups excluding carboxylic acids is 1. The third kappa shape index (κ3) is 4.43. The molecule has 1 fully saturated rings. The molecule has 0 bridgehead atoms. The molecular formula is C22H24ClFN2O2. The molecule has 1 N–H and O–H groups in total. The molecule has 28 heavy (non-hydrogen) atoms. The molecule has 0 aromatic heterocycles. The Hall–Kier alpha value is -2.21. The maximum Gasteiger partial charge on any atom is 0.258 e. The summed E-state index contributed by atoms with van der Waals surface area (Å²) in [7, 11) is 0. The predicted octanol–water partition coefficient (Wildman–Crippen LogP) is -0.911. The standard InChI is InChI=1S/C22H23FN2O2.ClH/c23-18-8-6-17(7-9-18)16-21-19-4-1-2-5-20(19)22(26)25(21)11-3-10-24-12-14-27-15-13-24;/h1-2,4-9,16H,3,10-15H2;1H/b21-16-;. The molecule has 0 saturated carbocycles. The van der Waals surface area contributed by atoms with Gasteiger partial charge in [-0.1, -0.05) is 30.3 Å². The summed E-state index contributed by atoms with van der Waals surface area (Å²) in [6, 6.07) is 14.1. The quantitative estimate of drug-likeness (QED) is 0.702. The van der Waals surface area contributed by atoms with Gasteiger partial charge in [0.25, 0.3) is 5.91 Å². The van der Waals surface area contributed by atoms with E-state index >= 15 is 0 Å². The van der Waals surface area contributed by atoms with Crippen LogP contribution in [0.1, 0.15) is 27.9 Å². The normalized spacial score (nSPS) is 18.2. The second-order valence-electron chi connectivity index (χ2n) is 7.05. The zero-order valence-electron chi connectivity index (χ0n) is 15.7. The Labute approximate surface area is 171 Å². The lowest BCUT2D eigenvalue weighted by Gasteiger charge is -2.25. The SMILES string of the molecule is O=C1c2ccccc2/C(=C/c2ccc(F)cc2)N1CCC[NH+]1CCOCC1.[Cl-]. The van der Waals surface area contributed by atoms with Crippen molar-refractivity contribution in [2.24, 2.45) is 0 Å². The number of ether oxygens (including phenoxy) is 1. The van der Waals surface area contributed by atoms with Gasteiger partial charge in [0.15, 0.2) is 0 Å². The third-order valence-corrected chi connectivity index (χ3v) is 5.25. The van der Waals surface area contributed by atoms with Gasteiger partial charge in [0, 0.05) is 24.1 Å². The summed E-state index contributed by atoms with van der Waals surface area (Å²) in [5.74, 6) is -0.207. The number of rotatable bonds is 5. The Morgan fingerprint density at radius 3 is 2.43 bits per heavy atom. The Morgan fingerprint density at radius 2 is 1.71 bits per heavy atom. The number of amides is 1. The van der Waals surface area contributed by atoms with Crippen LogP contribution in [-0.4, -0.2) is 50.2 Å². The van der Waals surface area contributed by atoms with Gasteiger partial charge in [0.2, 0.25) is 0 Å². The molecule has 4 nitrogen and oxygen atoms in total. The molecule has 2 aliphatic rings. The third-order valence-electron chi connectivity index (χ3n) is 5.25. The van der Waals surface area contributed by atoms with E-state index in [1.165, 1.54) is 17.0 Å². The first kappa shape index (κ1) is 20.5. The molecule has 4 rings (SSSR count). The van der Waals surface area contributed by atoms with Gasteiger partial charge < -0.3 is 26.9 Å². The van der Waals surface area contributed by atoms with E-state index in [1.807, 2.05) is 35.2 Å². The van der Waals surface area contributed by atoms with E-state index in [1.54, 1.807) is 12.1 Å². The summed E-state index contributed by atoms with van der Waals surface area (Å²) in [4.78, 5) is 16.3. The fourth-order valence-corrected chi connectivity index (χ4v) is 3.78. The van der Waals surface area contributed by atoms with E-state index in [4.69, 9.17) is 4.74 Å². The molecule has 0 radical (unpaired) electrons. The number of fused-ring (bicyclic) bond motifs is 1. The molecule has 2 heterocycles. The summed E-state index contributed by atoms with van der Waals surface area (Å²) < 4.78 is 18.6. The van der Waals surface area contributed by atoms with Gasteiger partial charge in [-0.25, -0.2) is 4.39 Å². The minimum absolute atomic E-state index is 0. The maximum absolute atomic E-state index is 13.2. The fourth-order valence-electron chi connectivity index (χ4n) is 3.78. The lowest BCUT2D eigenvalue weighted by molar-refractivity contribution is -0.908. The van der Waals surface area contributed by atoms with Crippen LogP contribution in [0, 0.1) is 5.82 Å². The number of hydrogen-bond donors (Lipinski definition) is 1. The number of nitrogens with one attached hydrogen (secondary N) is 1. The average molecular weight is 403 g/mol. The number of halogens is 2. The van der Waals surface area contributed by atoms with Crippen molar-refractivity contribution >= 4 is 17.7 Å². The smallest absolute Gasteiger partial charge is 0.258 e. The van der Waals surface area contributed by atoms with Crippen molar-refractivity contribution in [3.8, 4) is 0 Å². The molecule has 0 atom stereocenters. The van der Waals surface area contributed by atoms with E-state index < -0.39 is 0 Å². The lowest BCUT2D eigenvalue weighted by atomic mass is 10.1. The first-order valence-electron chi connectivity index (χ1n) is 9.52. The van der Waals surface area contributed by atoms with E-state index in [0.29, 0.717) is 6.54 Å². The van der Waals surface area contributed by atoms with Crippen molar-refractivity contribution < 1.29 is 31.2 Å². The highest BCUT2D eigenvalue weighted by atomic mass is 35.5. The van der Waals surface area contributed by atoms with Crippen LogP contribution < -0.4 is 17.3 Å². The molecular weight excluding hydrogens is 379 g/mol. The number of morpholine rings is 1. The molecule has 2 aliphatic heterocycles. The van der Waals surface area contributed by atoms with Crippen LogP contribution in [0.15, 0.2) is 48.5 Å². The van der Waals surface area contributed by atoms with E-state index in [0.717, 1.165) is 61.7 Å². The summed E-state index contributed by atoms with van der Waals surface area (Å²) in [5, 5.41) is 0. The number of hydrogen-bond acceptors (Lipinski definition) is 2. The number of quaternary nitrogens is 1. The molecule has 1 saturated heterocycles. The molecule has 0 aliphatic carbocycles. The van der Waals surface area contributed by atoms with Gasteiger partial charge in [0.1, 0.15) is 18.9 Å². The van der Waals surface area contributed by atoms with Gasteiger partial charge in [-0.05, 0) is 29.8 Å². The summed E-state index contributed by atoms with van der Waals surface area (Å²) in [6.45, 7) is 5.43. The number of nitrogens with zero attached hydrogens (tertiary/aromatic N) is 1. The molecule has 148 valence electrons. The van der Waals surface area contributed by atoms with Gasteiger partial charge >= 0.3 is 0 Å². The minimum Gasteiger partial charge on any atom is -1.00 e. The van der Waals surface area contributed by atoms with Crippen LogP contribution in [0.5, 0.6) is 0 Å². The van der Waals surface area contributed by atoms with Crippen molar-refractivity contribution in [3.05, 3.63) is 71.0 Å². The van der Waals surface area contributed by atoms with Gasteiger partial charge in [-0.15, -0.1) is 0 Å². The molecule has 0 spiro atoms. The zero-order valence-corrected chi connectivity index (χ0v) is 16.4. The minimum atomic E-state index is -0.259. The van der Waals surface area contributed by atoms with Crippen LogP contribution in [0.3, 0.4) is 0 Å². The molecule has 2 aromatic carbocycles. The second-order valence-corrected chi connectivity index (χ2v) is 7.05. The summed E-state index contributed by atoms with van der Waals surface area (Å²) >= 11 is 0. The van der Waals surface area contributed by atoms with Crippen molar-refractivity contribution in [3.63, 3.8) is 0 Å². The zero-order chi connectivity index (χ0) is 18.6. The van der Waals surface area contributed by atoms with Crippen LogP contribution in [0.25, 0.3) is 11.8 Å². The monoisotopic (exact) mass is 402 g/mol. The highest BCUT2D eigenvalue weighted by molar-refractivity contribution is 6.11. The average Bonchev–Trinajstić information content (AvgIpc) is 2.97. The van der Waals surface area contributed by atoms with Crippen molar-refractivity contribution in [1.82, 2.24) is 4.90 Å². The van der Waals surface area contributed by atoms with E-state index in [2.05, 4.69) is 0 Å². The Kier molecular flexibility index (Phi) is 6.83. The topological polar surface area (TPSA) is 34.0 Å². The first-order chi connectivity index (χ1) is 13.2. The Balaban J connectivity index is 0.00000225. The molecule has 1 amide bonds. The van der Waals surface area contributed by atoms with Crippen molar-refractivity contribution in [2.75, 3.05) is 39.4 Å². The van der Waals surface area contributed by atoms with Crippen LogP contribution in [-0.2, 0) is 4.74 Å². The van der Waals surface area contributed by atoms with Gasteiger partial charge in [0.05, 0.1) is 25.5 Å². The molecule has 0 unspecified atom stereocenters. The highest BCUT2D eigenvalue weighted by Crippen LogP contribution is 2.34. The lowest BCUT2D eigenvalue weighted by Crippen LogP contribution is -3.14.